The summed E-state index contributed by atoms with van der Waals surface area (Å²) in [5.41, 5.74) is 0.167. The molecule has 1 aliphatic heterocycles. The summed E-state index contributed by atoms with van der Waals surface area (Å²) >= 11 is 12.3. The molecule has 1 aliphatic carbocycles. The van der Waals surface area contributed by atoms with E-state index in [1.54, 1.807) is 0 Å². The van der Waals surface area contributed by atoms with Crippen LogP contribution in [-0.4, -0.2) is 32.1 Å². The molecule has 2 fully saturated rings. The first kappa shape index (κ1) is 23.3. The van der Waals surface area contributed by atoms with Crippen molar-refractivity contribution in [1.29, 1.82) is 0 Å². The minimum atomic E-state index is -4.25. The molecule has 180 valence electrons. The van der Waals surface area contributed by atoms with Crippen LogP contribution in [0.5, 0.6) is 5.75 Å². The number of rotatable bonds is 5. The molecule has 0 bridgehead atoms. The zero-order chi connectivity index (χ0) is 24.1. The number of nitrogens with one attached hydrogen (secondary N) is 2. The number of fused-ring (bicyclic) bond motifs is 1. The number of aromatic nitrogens is 1. The van der Waals surface area contributed by atoms with Crippen LogP contribution in [0.3, 0.4) is 0 Å². The highest BCUT2D eigenvalue weighted by Gasteiger charge is 2.47. The number of H-pyrrole nitrogens is 1. The maximum atomic E-state index is 14.9. The number of halogens is 3. The highest BCUT2D eigenvalue weighted by molar-refractivity contribution is 7.92. The van der Waals surface area contributed by atoms with E-state index in [9.17, 15) is 17.6 Å². The lowest BCUT2D eigenvalue weighted by Gasteiger charge is -2.33. The molecule has 5 rings (SSSR count). The summed E-state index contributed by atoms with van der Waals surface area (Å²) in [5, 5.41) is 1.16. The normalized spacial score (nSPS) is 22.8. The third-order valence-corrected chi connectivity index (χ3v) is 8.62. The fourth-order valence-corrected chi connectivity index (χ4v) is 6.42. The number of hydrogen-bond donors (Lipinski definition) is 2. The van der Waals surface area contributed by atoms with Crippen molar-refractivity contribution < 1.29 is 27.1 Å². The van der Waals surface area contributed by atoms with Crippen molar-refractivity contribution in [3.8, 4) is 5.75 Å². The Labute approximate surface area is 205 Å². The highest BCUT2D eigenvalue weighted by atomic mass is 35.5. The maximum Gasteiger partial charge on any atom is 0.312 e. The summed E-state index contributed by atoms with van der Waals surface area (Å²) in [6, 6.07) is 6.63. The quantitative estimate of drug-likeness (QED) is 0.417. The third-order valence-electron chi connectivity index (χ3n) is 6.61. The molecule has 1 spiro atoms. The zero-order valence-electron chi connectivity index (χ0n) is 17.9. The number of carbonyl (C=O) groups excluding carboxylic acids is 1. The zero-order valence-corrected chi connectivity index (χ0v) is 20.2. The minimum Gasteiger partial charge on any atom is -0.490 e. The second kappa shape index (κ2) is 8.62. The van der Waals surface area contributed by atoms with Gasteiger partial charge in [-0.05, 0) is 56.4 Å². The molecule has 7 nitrogen and oxygen atoms in total. The van der Waals surface area contributed by atoms with Gasteiger partial charge in [-0.15, -0.1) is 0 Å². The number of esters is 1. The van der Waals surface area contributed by atoms with E-state index in [-0.39, 0.29) is 23.5 Å². The standard InChI is InChI=1S/C23H21Cl2FN2O5S/c24-15-2-3-18(21-20(15)16(25)12-27-21)28-34(30,31)19-4-1-14(11-17(19)26)33-13-5-7-23(8-6-13)9-10-32-22(23)29/h1-4,11-13,27-28H,5-10H2. The number of cyclic esters (lactones) is 1. The Morgan fingerprint density at radius 2 is 1.88 bits per heavy atom. The van der Waals surface area contributed by atoms with Gasteiger partial charge >= 0.3 is 5.97 Å². The first-order valence-electron chi connectivity index (χ1n) is 10.8. The Morgan fingerprint density at radius 1 is 1.12 bits per heavy atom. The van der Waals surface area contributed by atoms with Gasteiger partial charge in [-0.25, -0.2) is 12.8 Å². The second-order valence-electron chi connectivity index (χ2n) is 8.66. The van der Waals surface area contributed by atoms with Crippen LogP contribution in [0, 0.1) is 11.2 Å². The predicted octanol–water partition coefficient (Wildman–Crippen LogP) is 5.67. The van der Waals surface area contributed by atoms with Crippen LogP contribution < -0.4 is 9.46 Å². The molecule has 34 heavy (non-hydrogen) atoms. The molecule has 1 saturated heterocycles. The Bertz CT molecular complexity index is 1380. The summed E-state index contributed by atoms with van der Waals surface area (Å²) in [5.74, 6) is -0.846. The van der Waals surface area contributed by atoms with Crippen LogP contribution in [0.25, 0.3) is 10.9 Å². The van der Waals surface area contributed by atoms with Crippen LogP contribution in [0.2, 0.25) is 10.0 Å². The van der Waals surface area contributed by atoms with Gasteiger partial charge in [0.05, 0.1) is 39.4 Å². The van der Waals surface area contributed by atoms with E-state index in [4.69, 9.17) is 32.7 Å². The second-order valence-corrected chi connectivity index (χ2v) is 11.1. The molecule has 1 saturated carbocycles. The van der Waals surface area contributed by atoms with E-state index in [1.165, 1.54) is 30.5 Å². The van der Waals surface area contributed by atoms with Crippen molar-refractivity contribution in [3.63, 3.8) is 0 Å². The molecule has 3 aromatic rings. The van der Waals surface area contributed by atoms with E-state index in [2.05, 4.69) is 9.71 Å². The smallest absolute Gasteiger partial charge is 0.312 e. The van der Waals surface area contributed by atoms with Crippen LogP contribution >= 0.6 is 23.2 Å². The molecule has 0 amide bonds. The molecule has 2 aliphatic rings. The van der Waals surface area contributed by atoms with E-state index < -0.39 is 26.2 Å². The van der Waals surface area contributed by atoms with Gasteiger partial charge in [0.1, 0.15) is 16.5 Å². The van der Waals surface area contributed by atoms with Crippen molar-refractivity contribution in [1.82, 2.24) is 4.98 Å². The Kier molecular flexibility index (Phi) is 5.90. The number of anilines is 1. The Morgan fingerprint density at radius 3 is 2.56 bits per heavy atom. The van der Waals surface area contributed by atoms with E-state index in [0.717, 1.165) is 12.5 Å². The van der Waals surface area contributed by atoms with Gasteiger partial charge < -0.3 is 14.5 Å². The summed E-state index contributed by atoms with van der Waals surface area (Å²) in [7, 11) is -4.25. The summed E-state index contributed by atoms with van der Waals surface area (Å²) in [4.78, 5) is 14.4. The number of benzene rings is 2. The topological polar surface area (TPSA) is 97.5 Å². The molecule has 0 radical (unpaired) electrons. The predicted molar refractivity (Wildman–Crippen MR) is 126 cm³/mol. The summed E-state index contributed by atoms with van der Waals surface area (Å²) in [6.45, 7) is 0.456. The molecular formula is C23H21Cl2FN2O5S. The largest absolute Gasteiger partial charge is 0.490 e. The van der Waals surface area contributed by atoms with E-state index in [0.29, 0.717) is 53.2 Å². The molecule has 2 N–H and O–H groups in total. The molecule has 11 heteroatoms. The average Bonchev–Trinajstić information content (AvgIpc) is 3.35. The molecule has 0 unspecified atom stereocenters. The average molecular weight is 527 g/mol. The first-order chi connectivity index (χ1) is 16.2. The maximum absolute atomic E-state index is 14.9. The monoisotopic (exact) mass is 526 g/mol. The van der Waals surface area contributed by atoms with Gasteiger partial charge in [0.2, 0.25) is 0 Å². The number of ether oxygens (including phenoxy) is 2. The molecule has 2 heterocycles. The summed E-state index contributed by atoms with van der Waals surface area (Å²) in [6.07, 6.45) is 4.64. The lowest BCUT2D eigenvalue weighted by Crippen LogP contribution is -2.35. The van der Waals surface area contributed by atoms with Crippen LogP contribution in [-0.2, 0) is 19.6 Å². The first-order valence-corrected chi connectivity index (χ1v) is 13.0. The molecular weight excluding hydrogens is 506 g/mol. The van der Waals surface area contributed by atoms with Crippen molar-refractivity contribution in [3.05, 3.63) is 52.4 Å². The van der Waals surface area contributed by atoms with E-state index in [1.807, 2.05) is 0 Å². The molecule has 0 atom stereocenters. The fourth-order valence-electron chi connectivity index (χ4n) is 4.73. The van der Waals surface area contributed by atoms with Gasteiger partial charge in [0.15, 0.2) is 0 Å². The number of carbonyl (C=O) groups is 1. The Hall–Kier alpha value is -2.49. The van der Waals surface area contributed by atoms with Gasteiger partial charge in [0.25, 0.3) is 10.0 Å². The van der Waals surface area contributed by atoms with E-state index >= 15 is 0 Å². The third kappa shape index (κ3) is 4.10. The lowest BCUT2D eigenvalue weighted by atomic mass is 9.72. The van der Waals surface area contributed by atoms with Gasteiger partial charge in [-0.1, -0.05) is 23.2 Å². The minimum absolute atomic E-state index is 0.140. The van der Waals surface area contributed by atoms with Crippen molar-refractivity contribution >= 4 is 55.8 Å². The van der Waals surface area contributed by atoms with Crippen LogP contribution in [0.4, 0.5) is 10.1 Å². The number of sulfonamides is 1. The van der Waals surface area contributed by atoms with Crippen LogP contribution in [0.15, 0.2) is 41.4 Å². The highest BCUT2D eigenvalue weighted by Crippen LogP contribution is 2.44. The summed E-state index contributed by atoms with van der Waals surface area (Å²) < 4.78 is 54.1. The van der Waals surface area contributed by atoms with Gasteiger partial charge in [0, 0.05) is 17.6 Å². The molecule has 1 aromatic heterocycles. The lowest BCUT2D eigenvalue weighted by molar-refractivity contribution is -0.148. The van der Waals surface area contributed by atoms with Crippen LogP contribution in [0.1, 0.15) is 32.1 Å². The van der Waals surface area contributed by atoms with Crippen molar-refractivity contribution in [2.24, 2.45) is 5.41 Å². The SMILES string of the molecule is O=C1OCCC12CCC(Oc1ccc(S(=O)(=O)Nc3ccc(Cl)c4c(Cl)c[nH]c34)c(F)c1)CC2. The van der Waals surface area contributed by atoms with Gasteiger partial charge in [-0.2, -0.15) is 0 Å². The van der Waals surface area contributed by atoms with Gasteiger partial charge in [-0.3, -0.25) is 9.52 Å². The number of hydrogen-bond acceptors (Lipinski definition) is 5. The van der Waals surface area contributed by atoms with Crippen molar-refractivity contribution in [2.45, 2.75) is 43.1 Å². The fraction of sp³-hybridized carbons (Fsp3) is 0.348. The Balaban J connectivity index is 1.31. The number of aromatic amines is 1. The van der Waals surface area contributed by atoms with Crippen molar-refractivity contribution in [2.75, 3.05) is 11.3 Å². The molecule has 2 aromatic carbocycles.